The van der Waals surface area contributed by atoms with Crippen molar-refractivity contribution in [2.45, 2.75) is 38.5 Å². The Balaban J connectivity index is 1.56. The molecule has 0 unspecified atom stereocenters. The summed E-state index contributed by atoms with van der Waals surface area (Å²) < 4.78 is 47.2. The minimum absolute atomic E-state index is 0.0595. The number of pyridine rings is 1. The zero-order valence-corrected chi connectivity index (χ0v) is 16.8. The van der Waals surface area contributed by atoms with Crippen LogP contribution in [0.3, 0.4) is 0 Å². The molecular formula is C19H20F3N7O2. The largest absolute Gasteiger partial charge is 0.479 e. The van der Waals surface area contributed by atoms with Crippen LogP contribution in [0.4, 0.5) is 19.0 Å². The van der Waals surface area contributed by atoms with Gasteiger partial charge in [-0.3, -0.25) is 9.48 Å². The summed E-state index contributed by atoms with van der Waals surface area (Å²) in [5.41, 5.74) is 0.381. The molecule has 1 atom stereocenters. The van der Waals surface area contributed by atoms with Gasteiger partial charge in [0.2, 0.25) is 5.88 Å². The summed E-state index contributed by atoms with van der Waals surface area (Å²) in [4.78, 5) is 17.0. The molecule has 1 saturated carbocycles. The Morgan fingerprint density at radius 2 is 2.13 bits per heavy atom. The van der Waals surface area contributed by atoms with Gasteiger partial charge < -0.3 is 14.6 Å². The second-order valence-electron chi connectivity index (χ2n) is 7.36. The van der Waals surface area contributed by atoms with Crippen LogP contribution in [-0.4, -0.2) is 48.7 Å². The van der Waals surface area contributed by atoms with Gasteiger partial charge in [-0.25, -0.2) is 4.98 Å². The molecule has 0 spiro atoms. The molecule has 31 heavy (non-hydrogen) atoms. The number of anilines is 1. The number of alkyl halides is 3. The predicted octanol–water partition coefficient (Wildman–Crippen LogP) is 3.33. The van der Waals surface area contributed by atoms with Gasteiger partial charge in [0.25, 0.3) is 5.91 Å². The van der Waals surface area contributed by atoms with Gasteiger partial charge in [0.1, 0.15) is 29.4 Å². The van der Waals surface area contributed by atoms with Crippen LogP contribution in [0.5, 0.6) is 5.88 Å². The monoisotopic (exact) mass is 435 g/mol. The zero-order chi connectivity index (χ0) is 22.2. The van der Waals surface area contributed by atoms with Crippen molar-refractivity contribution in [1.82, 2.24) is 29.5 Å². The summed E-state index contributed by atoms with van der Waals surface area (Å²) in [6, 6.07) is 2.74. The third kappa shape index (κ3) is 4.52. The molecule has 0 saturated heterocycles. The van der Waals surface area contributed by atoms with Crippen molar-refractivity contribution in [2.75, 3.05) is 12.4 Å². The van der Waals surface area contributed by atoms with Crippen LogP contribution in [0.1, 0.15) is 36.2 Å². The quantitative estimate of drug-likeness (QED) is 0.611. The average molecular weight is 435 g/mol. The molecule has 12 heteroatoms. The lowest BCUT2D eigenvalue weighted by atomic mass is 10.2. The highest BCUT2D eigenvalue weighted by atomic mass is 19.4. The molecule has 9 nitrogen and oxygen atoms in total. The maximum absolute atomic E-state index is 13.1. The molecule has 1 aliphatic carbocycles. The smallest absolute Gasteiger partial charge is 0.408 e. The lowest BCUT2D eigenvalue weighted by molar-refractivity contribution is -0.162. The average Bonchev–Trinajstić information content (AvgIpc) is 3.25. The first-order valence-corrected chi connectivity index (χ1v) is 9.62. The van der Waals surface area contributed by atoms with Crippen molar-refractivity contribution < 1.29 is 22.7 Å². The Morgan fingerprint density at radius 3 is 2.81 bits per heavy atom. The molecule has 1 N–H and O–H groups in total. The number of carbonyl (C=O) groups excluding carboxylic acids is 1. The van der Waals surface area contributed by atoms with Gasteiger partial charge in [-0.1, -0.05) is 6.07 Å². The van der Waals surface area contributed by atoms with Crippen LogP contribution >= 0.6 is 0 Å². The van der Waals surface area contributed by atoms with Crippen molar-refractivity contribution in [3.05, 3.63) is 36.3 Å². The molecule has 3 aromatic rings. The van der Waals surface area contributed by atoms with Crippen molar-refractivity contribution in [3.8, 4) is 17.4 Å². The van der Waals surface area contributed by atoms with Gasteiger partial charge in [-0.2, -0.15) is 13.2 Å². The van der Waals surface area contributed by atoms with Gasteiger partial charge in [0.15, 0.2) is 5.82 Å². The van der Waals surface area contributed by atoms with Crippen LogP contribution in [0.15, 0.2) is 30.7 Å². The van der Waals surface area contributed by atoms with E-state index in [0.29, 0.717) is 12.5 Å². The van der Waals surface area contributed by atoms with Gasteiger partial charge in [-0.15, -0.1) is 15.3 Å². The fourth-order valence-corrected chi connectivity index (χ4v) is 3.05. The highest BCUT2D eigenvalue weighted by molar-refractivity contribution is 6.05. The van der Waals surface area contributed by atoms with Gasteiger partial charge in [0.05, 0.1) is 7.11 Å². The number of amides is 1. The number of halogens is 3. The number of nitrogens with zero attached hydrogens (tertiary/aromatic N) is 6. The number of ether oxygens (including phenoxy) is 1. The molecule has 3 aromatic heterocycles. The molecule has 0 radical (unpaired) electrons. The van der Waals surface area contributed by atoms with E-state index >= 15 is 0 Å². The van der Waals surface area contributed by atoms with E-state index in [9.17, 15) is 18.0 Å². The molecular weight excluding hydrogens is 415 g/mol. The lowest BCUT2D eigenvalue weighted by Crippen LogP contribution is -2.24. The molecule has 1 fully saturated rings. The first-order valence-electron chi connectivity index (χ1n) is 9.62. The van der Waals surface area contributed by atoms with Gasteiger partial charge in [0, 0.05) is 12.7 Å². The van der Waals surface area contributed by atoms with E-state index in [1.807, 2.05) is 0 Å². The second kappa shape index (κ2) is 8.00. The number of aromatic nitrogens is 6. The molecule has 0 bridgehead atoms. The SMILES string of the molecule is COc1nn(CC2CC2)cc1C(=O)Nc1cccc(-c2nncn2[C@@H](C)C(F)(F)F)n1. The molecule has 164 valence electrons. The van der Waals surface area contributed by atoms with E-state index in [1.165, 1.54) is 19.2 Å². The Bertz CT molecular complexity index is 1090. The Labute approximate surface area is 175 Å². The summed E-state index contributed by atoms with van der Waals surface area (Å²) in [6.07, 6.45) is 0.410. The lowest BCUT2D eigenvalue weighted by Gasteiger charge is -2.18. The third-order valence-electron chi connectivity index (χ3n) is 4.99. The summed E-state index contributed by atoms with van der Waals surface area (Å²) in [7, 11) is 1.42. The van der Waals surface area contributed by atoms with Crippen LogP contribution in [0.2, 0.25) is 0 Å². The molecule has 0 aliphatic heterocycles. The van der Waals surface area contributed by atoms with Crippen LogP contribution in [0.25, 0.3) is 11.5 Å². The predicted molar refractivity (Wildman–Crippen MR) is 103 cm³/mol. The highest BCUT2D eigenvalue weighted by Crippen LogP contribution is 2.33. The summed E-state index contributed by atoms with van der Waals surface area (Å²) >= 11 is 0. The maximum Gasteiger partial charge on any atom is 0.408 e. The normalized spacial score (nSPS) is 15.0. The van der Waals surface area contributed by atoms with Crippen LogP contribution in [0, 0.1) is 5.92 Å². The highest BCUT2D eigenvalue weighted by Gasteiger charge is 2.38. The van der Waals surface area contributed by atoms with Crippen molar-refractivity contribution in [3.63, 3.8) is 0 Å². The van der Waals surface area contributed by atoms with E-state index in [2.05, 4.69) is 25.6 Å². The molecule has 1 aliphatic rings. The van der Waals surface area contributed by atoms with E-state index in [1.54, 1.807) is 16.9 Å². The Morgan fingerprint density at radius 1 is 1.35 bits per heavy atom. The summed E-state index contributed by atoms with van der Waals surface area (Å²) in [5, 5.41) is 14.3. The minimum atomic E-state index is -4.47. The Kier molecular flexibility index (Phi) is 5.38. The topological polar surface area (TPSA) is 99.8 Å². The molecule has 1 amide bonds. The standard InChI is InChI=1S/C19H20F3N7O2/c1-11(19(20,21)22)29-10-23-26-16(29)14-4-3-5-15(24-14)25-17(30)13-9-28(8-12-6-7-12)27-18(13)31-2/h3-5,9-12H,6-8H2,1-2H3,(H,24,25,30)/t11-/m0/s1. The number of hydrogen-bond donors (Lipinski definition) is 1. The number of hydrogen-bond acceptors (Lipinski definition) is 6. The molecule has 3 heterocycles. The first kappa shape index (κ1) is 20.8. The van der Waals surface area contributed by atoms with Crippen molar-refractivity contribution in [1.29, 1.82) is 0 Å². The van der Waals surface area contributed by atoms with Crippen molar-refractivity contribution >= 4 is 11.7 Å². The fraction of sp³-hybridized carbons (Fsp3) is 0.421. The fourth-order valence-electron chi connectivity index (χ4n) is 3.05. The number of carbonyl (C=O) groups is 1. The van der Waals surface area contributed by atoms with Gasteiger partial charge >= 0.3 is 6.18 Å². The minimum Gasteiger partial charge on any atom is -0.479 e. The second-order valence-corrected chi connectivity index (χ2v) is 7.36. The van der Waals surface area contributed by atoms with Gasteiger partial charge in [-0.05, 0) is 37.8 Å². The van der Waals surface area contributed by atoms with Crippen LogP contribution < -0.4 is 10.1 Å². The zero-order valence-electron chi connectivity index (χ0n) is 16.8. The third-order valence-corrected chi connectivity index (χ3v) is 4.99. The van der Waals surface area contributed by atoms with Crippen LogP contribution in [-0.2, 0) is 6.54 Å². The van der Waals surface area contributed by atoms with E-state index < -0.39 is 18.1 Å². The van der Waals surface area contributed by atoms with E-state index in [0.717, 1.165) is 30.7 Å². The number of nitrogens with one attached hydrogen (secondary N) is 1. The van der Waals surface area contributed by atoms with Crippen molar-refractivity contribution in [2.24, 2.45) is 5.92 Å². The Hall–Kier alpha value is -3.44. The maximum atomic E-state index is 13.1. The molecule has 4 rings (SSSR count). The molecule has 0 aromatic carbocycles. The summed E-state index contributed by atoms with van der Waals surface area (Å²) in [5.74, 6) is 0.349. The summed E-state index contributed by atoms with van der Waals surface area (Å²) in [6.45, 7) is 1.72. The van der Waals surface area contributed by atoms with E-state index in [4.69, 9.17) is 4.74 Å². The number of rotatable bonds is 7. The van der Waals surface area contributed by atoms with E-state index in [-0.39, 0.29) is 28.8 Å². The number of methoxy groups -OCH3 is 1. The first-order chi connectivity index (χ1) is 14.8.